The first-order valence-electron chi connectivity index (χ1n) is 8.56. The van der Waals surface area contributed by atoms with Crippen LogP contribution in [0.2, 0.25) is 0 Å². The molecule has 0 unspecified atom stereocenters. The van der Waals surface area contributed by atoms with Crippen molar-refractivity contribution in [1.29, 1.82) is 0 Å². The van der Waals surface area contributed by atoms with Gasteiger partial charge in [0.15, 0.2) is 0 Å². The number of amides is 1. The maximum absolute atomic E-state index is 12.3. The van der Waals surface area contributed by atoms with Crippen LogP contribution in [0.4, 0.5) is 0 Å². The molecule has 0 saturated heterocycles. The lowest BCUT2D eigenvalue weighted by Gasteiger charge is -2.08. The summed E-state index contributed by atoms with van der Waals surface area (Å²) in [6.07, 6.45) is 0. The van der Waals surface area contributed by atoms with Gasteiger partial charge >= 0.3 is 11.6 Å². The summed E-state index contributed by atoms with van der Waals surface area (Å²) in [7, 11) is 0. The van der Waals surface area contributed by atoms with E-state index in [0.717, 1.165) is 5.56 Å². The van der Waals surface area contributed by atoms with Gasteiger partial charge in [0, 0.05) is 18.0 Å². The second-order valence-corrected chi connectivity index (χ2v) is 6.39. The third kappa shape index (κ3) is 4.41. The minimum Gasteiger partial charge on any atom is -0.426 e. The van der Waals surface area contributed by atoms with Crippen LogP contribution in [0.3, 0.4) is 0 Å². The molecular formula is C21H19NO5. The summed E-state index contributed by atoms with van der Waals surface area (Å²) in [6.45, 7) is 3.76. The van der Waals surface area contributed by atoms with E-state index in [1.54, 1.807) is 26.0 Å². The van der Waals surface area contributed by atoms with Crippen LogP contribution in [0.5, 0.6) is 5.75 Å². The number of benzene rings is 2. The van der Waals surface area contributed by atoms with Crippen LogP contribution < -0.4 is 15.7 Å². The molecule has 1 N–H and O–H groups in total. The normalized spacial score (nSPS) is 10.8. The topological polar surface area (TPSA) is 85.6 Å². The highest BCUT2D eigenvalue weighted by Gasteiger charge is 2.15. The monoisotopic (exact) mass is 365 g/mol. The Balaban J connectivity index is 1.81. The molecule has 3 aromatic rings. The molecule has 0 aliphatic rings. The minimum absolute atomic E-state index is 0.0784. The summed E-state index contributed by atoms with van der Waals surface area (Å²) >= 11 is 0. The number of esters is 1. The second kappa shape index (κ2) is 7.86. The van der Waals surface area contributed by atoms with Gasteiger partial charge in [0.2, 0.25) is 0 Å². The Morgan fingerprint density at radius 3 is 2.52 bits per heavy atom. The van der Waals surface area contributed by atoms with Gasteiger partial charge in [-0.2, -0.15) is 0 Å². The van der Waals surface area contributed by atoms with Crippen LogP contribution in [0.25, 0.3) is 11.0 Å². The van der Waals surface area contributed by atoms with E-state index < -0.39 is 11.5 Å². The van der Waals surface area contributed by atoms with Gasteiger partial charge in [0.25, 0.3) is 5.91 Å². The van der Waals surface area contributed by atoms with Gasteiger partial charge in [0.05, 0.1) is 5.92 Å². The zero-order chi connectivity index (χ0) is 19.4. The fourth-order valence-electron chi connectivity index (χ4n) is 2.42. The first kappa shape index (κ1) is 18.4. The van der Waals surface area contributed by atoms with E-state index in [1.165, 1.54) is 12.1 Å². The maximum atomic E-state index is 12.3. The highest BCUT2D eigenvalue weighted by atomic mass is 16.5. The Kier molecular flexibility index (Phi) is 5.35. The molecular weight excluding hydrogens is 346 g/mol. The van der Waals surface area contributed by atoms with Crippen molar-refractivity contribution in [1.82, 2.24) is 5.32 Å². The third-order valence-electron chi connectivity index (χ3n) is 3.94. The van der Waals surface area contributed by atoms with Crippen LogP contribution in [-0.2, 0) is 11.3 Å². The highest BCUT2D eigenvalue weighted by Crippen LogP contribution is 2.21. The molecule has 138 valence electrons. The largest absolute Gasteiger partial charge is 0.426 e. The molecule has 6 nitrogen and oxygen atoms in total. The lowest BCUT2D eigenvalue weighted by molar-refractivity contribution is -0.137. The lowest BCUT2D eigenvalue weighted by atomic mass is 10.1. The quantitative estimate of drug-likeness (QED) is 0.426. The zero-order valence-corrected chi connectivity index (χ0v) is 15.0. The van der Waals surface area contributed by atoms with Gasteiger partial charge in [-0.25, -0.2) is 4.79 Å². The maximum Gasteiger partial charge on any atom is 0.349 e. The number of carbonyl (C=O) groups excluding carboxylic acids is 2. The Morgan fingerprint density at radius 2 is 1.81 bits per heavy atom. The Morgan fingerprint density at radius 1 is 1.07 bits per heavy atom. The predicted molar refractivity (Wildman–Crippen MR) is 101 cm³/mol. The van der Waals surface area contributed by atoms with Crippen molar-refractivity contribution in [3.63, 3.8) is 0 Å². The van der Waals surface area contributed by atoms with E-state index in [-0.39, 0.29) is 28.8 Å². The van der Waals surface area contributed by atoms with Crippen molar-refractivity contribution in [3.05, 3.63) is 76.1 Å². The molecule has 0 spiro atoms. The fourth-order valence-corrected chi connectivity index (χ4v) is 2.42. The van der Waals surface area contributed by atoms with E-state index in [4.69, 9.17) is 9.15 Å². The number of hydrogen-bond acceptors (Lipinski definition) is 5. The van der Waals surface area contributed by atoms with Crippen molar-refractivity contribution >= 4 is 22.8 Å². The van der Waals surface area contributed by atoms with Crippen LogP contribution in [0.1, 0.15) is 29.8 Å². The van der Waals surface area contributed by atoms with Gasteiger partial charge in [-0.05, 0) is 23.8 Å². The molecule has 0 aliphatic heterocycles. The smallest absolute Gasteiger partial charge is 0.349 e. The standard InChI is InChI=1S/C21H19NO5/c1-13(2)20(24)26-16-9-8-15-10-17(21(25)27-18(15)11-16)19(23)22-12-14-6-4-3-5-7-14/h3-11,13H,12H2,1-2H3,(H,22,23). The van der Waals surface area contributed by atoms with E-state index in [9.17, 15) is 14.4 Å². The van der Waals surface area contributed by atoms with E-state index in [1.807, 2.05) is 30.3 Å². The number of rotatable bonds is 5. The highest BCUT2D eigenvalue weighted by molar-refractivity contribution is 5.96. The Bertz CT molecular complexity index is 1040. The van der Waals surface area contributed by atoms with E-state index >= 15 is 0 Å². The molecule has 27 heavy (non-hydrogen) atoms. The third-order valence-corrected chi connectivity index (χ3v) is 3.94. The molecule has 0 atom stereocenters. The minimum atomic E-state index is -0.750. The molecule has 0 fully saturated rings. The van der Waals surface area contributed by atoms with Gasteiger partial charge in [-0.3, -0.25) is 9.59 Å². The second-order valence-electron chi connectivity index (χ2n) is 6.39. The van der Waals surface area contributed by atoms with Crippen LogP contribution in [0, 0.1) is 5.92 Å². The Hall–Kier alpha value is -3.41. The van der Waals surface area contributed by atoms with Crippen molar-refractivity contribution < 1.29 is 18.7 Å². The molecule has 0 radical (unpaired) electrons. The van der Waals surface area contributed by atoms with E-state index in [0.29, 0.717) is 11.9 Å². The summed E-state index contributed by atoms with van der Waals surface area (Å²) in [6, 6.07) is 15.5. The molecule has 0 saturated carbocycles. The molecule has 6 heteroatoms. The van der Waals surface area contributed by atoms with Crippen LogP contribution >= 0.6 is 0 Å². The summed E-state index contributed by atoms with van der Waals surface area (Å²) in [5.41, 5.74) is 0.340. The molecule has 1 heterocycles. The van der Waals surface area contributed by atoms with Crippen molar-refractivity contribution in [2.75, 3.05) is 0 Å². The lowest BCUT2D eigenvalue weighted by Crippen LogP contribution is -2.27. The SMILES string of the molecule is CC(C)C(=O)Oc1ccc2cc(C(=O)NCc3ccccc3)c(=O)oc2c1. The zero-order valence-electron chi connectivity index (χ0n) is 15.0. The molecule has 0 bridgehead atoms. The number of fused-ring (bicyclic) bond motifs is 1. The fraction of sp³-hybridized carbons (Fsp3) is 0.190. The number of hydrogen-bond donors (Lipinski definition) is 1. The molecule has 1 aromatic heterocycles. The average molecular weight is 365 g/mol. The van der Waals surface area contributed by atoms with Gasteiger partial charge < -0.3 is 14.5 Å². The van der Waals surface area contributed by atoms with Crippen LogP contribution in [0.15, 0.2) is 63.8 Å². The summed E-state index contributed by atoms with van der Waals surface area (Å²) in [5, 5.41) is 3.26. The number of nitrogens with one attached hydrogen (secondary N) is 1. The summed E-state index contributed by atoms with van der Waals surface area (Å²) in [4.78, 5) is 36.2. The van der Waals surface area contributed by atoms with Gasteiger partial charge in [-0.1, -0.05) is 44.2 Å². The van der Waals surface area contributed by atoms with Crippen molar-refractivity contribution in [2.45, 2.75) is 20.4 Å². The molecule has 0 aliphatic carbocycles. The predicted octanol–water partition coefficient (Wildman–Crippen LogP) is 3.28. The van der Waals surface area contributed by atoms with Crippen LogP contribution in [-0.4, -0.2) is 11.9 Å². The van der Waals surface area contributed by atoms with Crippen molar-refractivity contribution in [2.24, 2.45) is 5.92 Å². The molecule has 3 rings (SSSR count). The first-order chi connectivity index (χ1) is 12.9. The summed E-state index contributed by atoms with van der Waals surface area (Å²) < 4.78 is 10.4. The van der Waals surface area contributed by atoms with E-state index in [2.05, 4.69) is 5.32 Å². The van der Waals surface area contributed by atoms with Crippen molar-refractivity contribution in [3.8, 4) is 5.75 Å². The molecule has 1 amide bonds. The number of ether oxygens (including phenoxy) is 1. The first-order valence-corrected chi connectivity index (χ1v) is 8.56. The average Bonchev–Trinajstić information content (AvgIpc) is 2.66. The van der Waals surface area contributed by atoms with Gasteiger partial charge in [0.1, 0.15) is 16.9 Å². The molecule has 2 aromatic carbocycles. The van der Waals surface area contributed by atoms with Gasteiger partial charge in [-0.15, -0.1) is 0 Å². The Labute approximate surface area is 155 Å². The number of carbonyl (C=O) groups is 2. The summed E-state index contributed by atoms with van der Waals surface area (Å²) in [5.74, 6) is -0.882.